The maximum absolute atomic E-state index is 3.73. The van der Waals surface area contributed by atoms with Crippen LogP contribution in [0.3, 0.4) is 0 Å². The molecule has 1 aromatic rings. The van der Waals surface area contributed by atoms with Gasteiger partial charge < -0.3 is 5.32 Å². The highest BCUT2D eigenvalue weighted by Crippen LogP contribution is 2.49. The van der Waals surface area contributed by atoms with Crippen molar-refractivity contribution in [1.29, 1.82) is 0 Å². The van der Waals surface area contributed by atoms with Gasteiger partial charge >= 0.3 is 0 Å². The van der Waals surface area contributed by atoms with Gasteiger partial charge in [-0.2, -0.15) is 0 Å². The smallest absolute Gasteiger partial charge is 0.0133 e. The molecule has 0 spiro atoms. The quantitative estimate of drug-likeness (QED) is 0.822. The summed E-state index contributed by atoms with van der Waals surface area (Å²) in [4.78, 5) is 0. The Morgan fingerprint density at radius 1 is 1.11 bits per heavy atom. The van der Waals surface area contributed by atoms with Crippen LogP contribution in [0.15, 0.2) is 24.3 Å². The van der Waals surface area contributed by atoms with Crippen molar-refractivity contribution in [2.75, 3.05) is 6.54 Å². The first-order chi connectivity index (χ1) is 8.69. The second-order valence-electron chi connectivity index (χ2n) is 5.85. The largest absolute Gasteiger partial charge is 0.313 e. The highest BCUT2D eigenvalue weighted by atomic mass is 15.0. The maximum Gasteiger partial charge on any atom is 0.0133 e. The number of rotatable bonds is 5. The van der Waals surface area contributed by atoms with Gasteiger partial charge in [0.15, 0.2) is 0 Å². The SMILES string of the molecule is CCCNC1C(C)C(c2ccc(C)cc2)C1CC. The third kappa shape index (κ3) is 2.47. The van der Waals surface area contributed by atoms with Crippen molar-refractivity contribution in [3.63, 3.8) is 0 Å². The highest BCUT2D eigenvalue weighted by Gasteiger charge is 2.46. The van der Waals surface area contributed by atoms with Crippen LogP contribution < -0.4 is 5.32 Å². The zero-order valence-electron chi connectivity index (χ0n) is 12.2. The summed E-state index contributed by atoms with van der Waals surface area (Å²) < 4.78 is 0. The first-order valence-electron chi connectivity index (χ1n) is 7.49. The van der Waals surface area contributed by atoms with Gasteiger partial charge in [0, 0.05) is 6.04 Å². The Labute approximate surface area is 112 Å². The minimum absolute atomic E-state index is 0.723. The summed E-state index contributed by atoms with van der Waals surface area (Å²) in [6.45, 7) is 10.3. The Balaban J connectivity index is 2.07. The molecule has 0 amide bonds. The van der Waals surface area contributed by atoms with Gasteiger partial charge in [-0.05, 0) is 43.2 Å². The summed E-state index contributed by atoms with van der Waals surface area (Å²) in [6.07, 6.45) is 2.51. The van der Waals surface area contributed by atoms with Crippen molar-refractivity contribution in [1.82, 2.24) is 5.32 Å². The lowest BCUT2D eigenvalue weighted by Crippen LogP contribution is -2.56. The minimum atomic E-state index is 0.723. The molecule has 18 heavy (non-hydrogen) atoms. The van der Waals surface area contributed by atoms with E-state index in [4.69, 9.17) is 0 Å². The monoisotopic (exact) mass is 245 g/mol. The molecule has 1 N–H and O–H groups in total. The Hall–Kier alpha value is -0.820. The standard InChI is InChI=1S/C17H27N/c1-5-11-18-17-13(4)16(15(17)6-2)14-9-7-12(3)8-10-14/h7-10,13,15-18H,5-6,11H2,1-4H3. The van der Waals surface area contributed by atoms with E-state index in [9.17, 15) is 0 Å². The lowest BCUT2D eigenvalue weighted by atomic mass is 9.58. The fourth-order valence-electron chi connectivity index (χ4n) is 3.58. The molecule has 1 aliphatic carbocycles. The molecule has 2 rings (SSSR count). The van der Waals surface area contributed by atoms with E-state index < -0.39 is 0 Å². The average molecular weight is 245 g/mol. The van der Waals surface area contributed by atoms with Crippen LogP contribution in [-0.4, -0.2) is 12.6 Å². The van der Waals surface area contributed by atoms with Crippen LogP contribution in [-0.2, 0) is 0 Å². The third-order valence-electron chi connectivity index (χ3n) is 4.62. The van der Waals surface area contributed by atoms with Crippen LogP contribution in [0.4, 0.5) is 0 Å². The first kappa shape index (κ1) is 13.6. The molecule has 0 aliphatic heterocycles. The van der Waals surface area contributed by atoms with Crippen LogP contribution in [0.1, 0.15) is 50.7 Å². The van der Waals surface area contributed by atoms with Crippen LogP contribution in [0.25, 0.3) is 0 Å². The van der Waals surface area contributed by atoms with E-state index in [0.29, 0.717) is 0 Å². The van der Waals surface area contributed by atoms with Gasteiger partial charge in [0.1, 0.15) is 0 Å². The van der Waals surface area contributed by atoms with E-state index in [0.717, 1.165) is 30.3 Å². The van der Waals surface area contributed by atoms with Crippen molar-refractivity contribution in [3.05, 3.63) is 35.4 Å². The number of aryl methyl sites for hydroxylation is 1. The van der Waals surface area contributed by atoms with Gasteiger partial charge in [-0.3, -0.25) is 0 Å². The second-order valence-corrected chi connectivity index (χ2v) is 5.85. The molecule has 100 valence electrons. The van der Waals surface area contributed by atoms with Crippen molar-refractivity contribution < 1.29 is 0 Å². The van der Waals surface area contributed by atoms with Crippen molar-refractivity contribution in [2.24, 2.45) is 11.8 Å². The third-order valence-corrected chi connectivity index (χ3v) is 4.62. The minimum Gasteiger partial charge on any atom is -0.313 e. The van der Waals surface area contributed by atoms with Crippen LogP contribution in [0.2, 0.25) is 0 Å². The van der Waals surface area contributed by atoms with E-state index >= 15 is 0 Å². The fraction of sp³-hybridized carbons (Fsp3) is 0.647. The van der Waals surface area contributed by atoms with Gasteiger partial charge in [-0.15, -0.1) is 0 Å². The molecule has 0 heterocycles. The van der Waals surface area contributed by atoms with E-state index in [2.05, 4.69) is 57.3 Å². The maximum atomic E-state index is 3.73. The zero-order valence-corrected chi connectivity index (χ0v) is 12.2. The van der Waals surface area contributed by atoms with E-state index in [-0.39, 0.29) is 0 Å². The summed E-state index contributed by atoms with van der Waals surface area (Å²) in [6, 6.07) is 9.88. The van der Waals surface area contributed by atoms with E-state index in [1.54, 1.807) is 0 Å². The summed E-state index contributed by atoms with van der Waals surface area (Å²) in [5.74, 6) is 2.34. The molecule has 1 saturated carbocycles. The number of hydrogen-bond donors (Lipinski definition) is 1. The van der Waals surface area contributed by atoms with Crippen molar-refractivity contribution >= 4 is 0 Å². The molecule has 0 bridgehead atoms. The average Bonchev–Trinajstić information content (AvgIpc) is 2.38. The predicted molar refractivity (Wildman–Crippen MR) is 78.9 cm³/mol. The predicted octanol–water partition coefficient (Wildman–Crippen LogP) is 4.12. The lowest BCUT2D eigenvalue weighted by molar-refractivity contribution is 0.0787. The zero-order chi connectivity index (χ0) is 13.1. The lowest BCUT2D eigenvalue weighted by Gasteiger charge is -2.51. The van der Waals surface area contributed by atoms with Crippen molar-refractivity contribution in [2.45, 2.75) is 52.5 Å². The molecular formula is C17H27N. The molecule has 1 heteroatoms. The fourth-order valence-corrected chi connectivity index (χ4v) is 3.58. The van der Waals surface area contributed by atoms with Crippen LogP contribution >= 0.6 is 0 Å². The summed E-state index contributed by atoms with van der Waals surface area (Å²) >= 11 is 0. The van der Waals surface area contributed by atoms with Crippen LogP contribution in [0, 0.1) is 18.8 Å². The summed E-state index contributed by atoms with van der Waals surface area (Å²) in [7, 11) is 0. The number of benzene rings is 1. The van der Waals surface area contributed by atoms with Crippen LogP contribution in [0.5, 0.6) is 0 Å². The topological polar surface area (TPSA) is 12.0 Å². The van der Waals surface area contributed by atoms with Gasteiger partial charge in [-0.25, -0.2) is 0 Å². The molecule has 1 fully saturated rings. The molecular weight excluding hydrogens is 218 g/mol. The number of hydrogen-bond acceptors (Lipinski definition) is 1. The van der Waals surface area contributed by atoms with E-state index in [1.807, 2.05) is 0 Å². The highest BCUT2D eigenvalue weighted by molar-refractivity contribution is 5.29. The molecule has 1 aromatic carbocycles. The van der Waals surface area contributed by atoms with Gasteiger partial charge in [0.25, 0.3) is 0 Å². The summed E-state index contributed by atoms with van der Waals surface area (Å²) in [5, 5.41) is 3.73. The Kier molecular flexibility index (Phi) is 4.45. The van der Waals surface area contributed by atoms with E-state index in [1.165, 1.54) is 24.0 Å². The molecule has 4 unspecified atom stereocenters. The normalized spacial score (nSPS) is 31.1. The Bertz CT molecular complexity index is 368. The second kappa shape index (κ2) is 5.88. The molecule has 1 nitrogen and oxygen atoms in total. The van der Waals surface area contributed by atoms with Crippen molar-refractivity contribution in [3.8, 4) is 0 Å². The van der Waals surface area contributed by atoms with Gasteiger partial charge in [-0.1, -0.05) is 57.0 Å². The molecule has 0 aromatic heterocycles. The summed E-state index contributed by atoms with van der Waals surface area (Å²) in [5.41, 5.74) is 2.90. The molecule has 0 saturated heterocycles. The Morgan fingerprint density at radius 2 is 1.78 bits per heavy atom. The molecule has 1 aliphatic rings. The first-order valence-corrected chi connectivity index (χ1v) is 7.49. The van der Waals surface area contributed by atoms with Gasteiger partial charge in [0.05, 0.1) is 0 Å². The van der Waals surface area contributed by atoms with Gasteiger partial charge in [0.2, 0.25) is 0 Å². The number of nitrogens with one attached hydrogen (secondary N) is 1. The Morgan fingerprint density at radius 3 is 2.33 bits per heavy atom. The molecule has 4 atom stereocenters. The molecule has 0 radical (unpaired) electrons.